The second-order valence-electron chi connectivity index (χ2n) is 7.06. The average molecular weight is 412 g/mol. The third kappa shape index (κ3) is 4.29. The first-order valence-electron chi connectivity index (χ1n) is 9.64. The van der Waals surface area contributed by atoms with Crippen LogP contribution >= 0.6 is 22.7 Å². The summed E-state index contributed by atoms with van der Waals surface area (Å²) in [4.78, 5) is 19.6. The molecule has 1 aromatic carbocycles. The minimum atomic E-state index is 0.0203. The average Bonchev–Trinajstić information content (AvgIpc) is 3.44. The van der Waals surface area contributed by atoms with E-state index in [4.69, 9.17) is 0 Å². The van der Waals surface area contributed by atoms with Crippen LogP contribution in [0.15, 0.2) is 65.4 Å². The third-order valence-corrected chi connectivity index (χ3v) is 7.05. The number of benzene rings is 1. The molecule has 2 atom stereocenters. The van der Waals surface area contributed by atoms with E-state index >= 15 is 0 Å². The number of nitrogens with zero attached hydrogens (tertiary/aromatic N) is 2. The Balaban J connectivity index is 1.46. The van der Waals surface area contributed by atoms with Crippen LogP contribution in [0.5, 0.6) is 0 Å². The molecule has 0 saturated carbocycles. The summed E-state index contributed by atoms with van der Waals surface area (Å²) in [5, 5.41) is 7.30. The summed E-state index contributed by atoms with van der Waals surface area (Å²) in [7, 11) is 0. The number of amides is 1. The van der Waals surface area contributed by atoms with Crippen molar-refractivity contribution >= 4 is 34.3 Å². The number of hydrogen-bond donors (Lipinski definition) is 1. The summed E-state index contributed by atoms with van der Waals surface area (Å²) >= 11 is 3.26. The van der Waals surface area contributed by atoms with E-state index in [2.05, 4.69) is 69.9 Å². The van der Waals surface area contributed by atoms with Gasteiger partial charge in [-0.2, -0.15) is 0 Å². The van der Waals surface area contributed by atoms with Gasteiger partial charge in [-0.05, 0) is 41.9 Å². The molecule has 4 nitrogen and oxygen atoms in total. The van der Waals surface area contributed by atoms with E-state index in [1.807, 2.05) is 17.5 Å². The van der Waals surface area contributed by atoms with Crippen LogP contribution in [0.1, 0.15) is 27.5 Å². The molecule has 146 valence electrons. The van der Waals surface area contributed by atoms with Gasteiger partial charge in [0.1, 0.15) is 0 Å². The molecular formula is C22H25N3OS2. The zero-order chi connectivity index (χ0) is 19.3. The largest absolute Gasteiger partial charge is 0.369 e. The van der Waals surface area contributed by atoms with Gasteiger partial charge < -0.3 is 10.2 Å². The lowest BCUT2D eigenvalue weighted by atomic mass is 10.0. The highest BCUT2D eigenvalue weighted by Crippen LogP contribution is 2.30. The van der Waals surface area contributed by atoms with E-state index in [-0.39, 0.29) is 18.0 Å². The van der Waals surface area contributed by atoms with E-state index in [0.717, 1.165) is 31.1 Å². The van der Waals surface area contributed by atoms with Crippen molar-refractivity contribution < 1.29 is 4.79 Å². The molecule has 0 unspecified atom stereocenters. The molecule has 0 aliphatic carbocycles. The molecular weight excluding hydrogens is 386 g/mol. The highest BCUT2D eigenvalue weighted by molar-refractivity contribution is 7.12. The van der Waals surface area contributed by atoms with Crippen molar-refractivity contribution in [3.8, 4) is 0 Å². The predicted octanol–water partition coefficient (Wildman–Crippen LogP) is 4.49. The zero-order valence-corrected chi connectivity index (χ0v) is 17.6. The number of anilines is 1. The van der Waals surface area contributed by atoms with Crippen molar-refractivity contribution in [3.05, 3.63) is 75.1 Å². The summed E-state index contributed by atoms with van der Waals surface area (Å²) in [6.45, 7) is 6.09. The molecule has 4 rings (SSSR count). The molecule has 6 heteroatoms. The van der Waals surface area contributed by atoms with Gasteiger partial charge in [0, 0.05) is 42.8 Å². The number of para-hydroxylation sites is 1. The summed E-state index contributed by atoms with van der Waals surface area (Å²) in [5.74, 6) is 0.0203. The normalized spacial score (nSPS) is 17.2. The summed E-state index contributed by atoms with van der Waals surface area (Å²) < 4.78 is 0. The summed E-state index contributed by atoms with van der Waals surface area (Å²) in [6.07, 6.45) is 0. The number of piperazine rings is 1. The van der Waals surface area contributed by atoms with E-state index in [9.17, 15) is 4.79 Å². The second kappa shape index (κ2) is 8.90. The van der Waals surface area contributed by atoms with Gasteiger partial charge in [-0.15, -0.1) is 22.7 Å². The Morgan fingerprint density at radius 3 is 2.29 bits per heavy atom. The highest BCUT2D eigenvalue weighted by Gasteiger charge is 2.31. The van der Waals surface area contributed by atoms with Crippen LogP contribution in [0.3, 0.4) is 0 Å². The molecule has 3 heterocycles. The van der Waals surface area contributed by atoms with Crippen LogP contribution < -0.4 is 10.2 Å². The van der Waals surface area contributed by atoms with Gasteiger partial charge in [-0.25, -0.2) is 0 Å². The maximum atomic E-state index is 12.6. The maximum Gasteiger partial charge on any atom is 0.261 e. The predicted molar refractivity (Wildman–Crippen MR) is 119 cm³/mol. The van der Waals surface area contributed by atoms with Crippen LogP contribution in [-0.4, -0.2) is 43.0 Å². The molecule has 1 aliphatic heterocycles. The van der Waals surface area contributed by atoms with E-state index in [0.29, 0.717) is 0 Å². The van der Waals surface area contributed by atoms with Gasteiger partial charge in [0.15, 0.2) is 0 Å². The Bertz CT molecular complexity index is 857. The van der Waals surface area contributed by atoms with Gasteiger partial charge in [-0.1, -0.05) is 30.3 Å². The first-order chi connectivity index (χ1) is 13.7. The van der Waals surface area contributed by atoms with Crippen LogP contribution in [0, 0.1) is 0 Å². The minimum absolute atomic E-state index is 0.0203. The van der Waals surface area contributed by atoms with Crippen LogP contribution in [0.2, 0.25) is 0 Å². The molecule has 3 aromatic rings. The molecule has 28 heavy (non-hydrogen) atoms. The Morgan fingerprint density at radius 1 is 0.929 bits per heavy atom. The summed E-state index contributed by atoms with van der Waals surface area (Å²) in [5.41, 5.74) is 1.29. The van der Waals surface area contributed by atoms with Crippen LogP contribution in [-0.2, 0) is 0 Å². The highest BCUT2D eigenvalue weighted by atomic mass is 32.1. The SMILES string of the molecule is C[C@H](NC(=O)c1cccs1)[C@@H](c1cccs1)N1CCN(c2ccccc2)CC1. The molecule has 1 fully saturated rings. The fourth-order valence-corrected chi connectivity index (χ4v) is 5.45. The molecule has 0 spiro atoms. The quantitative estimate of drug-likeness (QED) is 0.649. The van der Waals surface area contributed by atoms with Crippen molar-refractivity contribution in [1.29, 1.82) is 0 Å². The Labute approximate surface area is 174 Å². The fraction of sp³-hybridized carbons (Fsp3) is 0.318. The molecule has 1 amide bonds. The second-order valence-corrected chi connectivity index (χ2v) is 8.99. The third-order valence-electron chi connectivity index (χ3n) is 5.24. The van der Waals surface area contributed by atoms with E-state index in [1.54, 1.807) is 11.3 Å². The standard InChI is InChI=1S/C22H25N3OS2/c1-17(23-22(26)20-10-6-16-28-20)21(19-9-5-15-27-19)25-13-11-24(12-14-25)18-7-3-2-4-8-18/h2-10,15-17,21H,11-14H2,1H3,(H,23,26)/t17-,21-/m0/s1. The molecule has 0 bridgehead atoms. The van der Waals surface area contributed by atoms with Gasteiger partial charge in [-0.3, -0.25) is 9.69 Å². The lowest BCUT2D eigenvalue weighted by molar-refractivity contribution is 0.0894. The Kier molecular flexibility index (Phi) is 6.10. The van der Waals surface area contributed by atoms with Gasteiger partial charge >= 0.3 is 0 Å². The number of carbonyl (C=O) groups is 1. The van der Waals surface area contributed by atoms with E-state index < -0.39 is 0 Å². The van der Waals surface area contributed by atoms with Crippen molar-refractivity contribution in [2.75, 3.05) is 31.1 Å². The van der Waals surface area contributed by atoms with Gasteiger partial charge in [0.05, 0.1) is 10.9 Å². The molecule has 1 N–H and O–H groups in total. The minimum Gasteiger partial charge on any atom is -0.369 e. The van der Waals surface area contributed by atoms with Gasteiger partial charge in [0.2, 0.25) is 0 Å². The smallest absolute Gasteiger partial charge is 0.261 e. The van der Waals surface area contributed by atoms with Crippen LogP contribution in [0.4, 0.5) is 5.69 Å². The number of carbonyl (C=O) groups excluding carboxylic acids is 1. The Hall–Kier alpha value is -2.15. The zero-order valence-electron chi connectivity index (χ0n) is 16.0. The molecule has 1 aliphatic rings. The van der Waals surface area contributed by atoms with Crippen molar-refractivity contribution in [2.45, 2.75) is 19.0 Å². The van der Waals surface area contributed by atoms with Crippen molar-refractivity contribution in [1.82, 2.24) is 10.2 Å². The first-order valence-corrected chi connectivity index (χ1v) is 11.4. The lowest BCUT2D eigenvalue weighted by Crippen LogP contribution is -2.52. The van der Waals surface area contributed by atoms with Crippen LogP contribution in [0.25, 0.3) is 0 Å². The fourth-order valence-electron chi connectivity index (χ4n) is 3.86. The van der Waals surface area contributed by atoms with Crippen molar-refractivity contribution in [3.63, 3.8) is 0 Å². The first kappa shape index (κ1) is 19.2. The number of thiophene rings is 2. The lowest BCUT2D eigenvalue weighted by Gasteiger charge is -2.42. The number of rotatable bonds is 6. The Morgan fingerprint density at radius 2 is 1.64 bits per heavy atom. The molecule has 1 saturated heterocycles. The number of nitrogens with one attached hydrogen (secondary N) is 1. The van der Waals surface area contributed by atoms with Crippen molar-refractivity contribution in [2.24, 2.45) is 0 Å². The topological polar surface area (TPSA) is 35.6 Å². The molecule has 2 aromatic heterocycles. The monoisotopic (exact) mass is 411 g/mol. The number of hydrogen-bond acceptors (Lipinski definition) is 5. The maximum absolute atomic E-state index is 12.6. The summed E-state index contributed by atoms with van der Waals surface area (Å²) in [6, 6.07) is 18.9. The molecule has 0 radical (unpaired) electrons. The van der Waals surface area contributed by atoms with E-state index in [1.165, 1.54) is 21.9 Å². The van der Waals surface area contributed by atoms with Gasteiger partial charge in [0.25, 0.3) is 5.91 Å².